The minimum Gasteiger partial charge on any atom is -0.790 e. The third kappa shape index (κ3) is 11.4. The first-order valence-electron chi connectivity index (χ1n) is 12.7. The van der Waals surface area contributed by atoms with Gasteiger partial charge in [-0.05, 0) is 0 Å². The van der Waals surface area contributed by atoms with E-state index >= 15 is 0 Å². The predicted molar refractivity (Wildman–Crippen MR) is 135 cm³/mol. The van der Waals surface area contributed by atoms with Gasteiger partial charge in [0.15, 0.2) is 34.8 Å². The van der Waals surface area contributed by atoms with Crippen LogP contribution >= 0.6 is 15.6 Å². The molecule has 0 aliphatic carbocycles. The summed E-state index contributed by atoms with van der Waals surface area (Å²) >= 11 is 0. The summed E-state index contributed by atoms with van der Waals surface area (Å²) in [6, 6.07) is 0. The number of nitrogens with one attached hydrogen (secondary N) is 2. The van der Waals surface area contributed by atoms with Gasteiger partial charge in [-0.2, -0.15) is 0 Å². The smallest absolute Gasteiger partial charge is 0.790 e. The summed E-state index contributed by atoms with van der Waals surface area (Å²) in [4.78, 5) is 85.3. The van der Waals surface area contributed by atoms with E-state index in [9.17, 15) is 58.7 Å². The average Bonchev–Trinajstić information content (AvgIpc) is 3.73. The van der Waals surface area contributed by atoms with Crippen LogP contribution in [0, 0.1) is 0 Å². The fraction of sp³-hybridized carbons (Fsp3) is 0.500. The number of fused-ring (bicyclic) bond motifs is 2. The molecule has 6 N–H and O–H groups in total. The fourth-order valence-electron chi connectivity index (χ4n) is 4.62. The molecule has 0 amide bonds. The van der Waals surface area contributed by atoms with Crippen LogP contribution in [0.5, 0.6) is 0 Å². The second-order valence-electron chi connectivity index (χ2n) is 9.69. The van der Waals surface area contributed by atoms with Gasteiger partial charge in [-0.25, -0.2) is 19.9 Å². The Morgan fingerprint density at radius 1 is 0.660 bits per heavy atom. The van der Waals surface area contributed by atoms with Gasteiger partial charge in [-0.3, -0.25) is 18.7 Å². The summed E-state index contributed by atoms with van der Waals surface area (Å²) in [6.45, 7) is -1.50. The van der Waals surface area contributed by atoms with Crippen LogP contribution in [-0.4, -0.2) is 109 Å². The molecule has 2 aliphatic rings. The maximum atomic E-state index is 11.6. The van der Waals surface area contributed by atoms with Gasteiger partial charge in [-0.15, -0.1) is 0 Å². The van der Waals surface area contributed by atoms with Crippen molar-refractivity contribution in [1.82, 2.24) is 39.0 Å². The van der Waals surface area contributed by atoms with Crippen LogP contribution in [0.2, 0.25) is 0 Å². The van der Waals surface area contributed by atoms with Gasteiger partial charge in [0.05, 0.1) is 54.2 Å². The monoisotopic (exact) mass is 784 g/mol. The number of aromatic nitrogens is 8. The van der Waals surface area contributed by atoms with E-state index in [-0.39, 0.29) is 141 Å². The second kappa shape index (κ2) is 20.0. The molecule has 6 rings (SSSR count). The first kappa shape index (κ1) is 48.7. The number of aliphatic hydroxyl groups is 4. The van der Waals surface area contributed by atoms with Crippen molar-refractivity contribution in [3.8, 4) is 0 Å². The van der Waals surface area contributed by atoms with E-state index in [4.69, 9.17) is 9.47 Å². The molecule has 4 aromatic heterocycles. The van der Waals surface area contributed by atoms with Crippen molar-refractivity contribution in [3.05, 3.63) is 46.0 Å². The molecule has 4 aromatic rings. The number of hydrogen-bond donors (Lipinski definition) is 6. The Morgan fingerprint density at radius 2 is 1.00 bits per heavy atom. The number of nitrogens with zero attached hydrogens (tertiary/aromatic N) is 6. The number of aliphatic hydroxyl groups excluding tert-OH is 4. The van der Waals surface area contributed by atoms with Crippen LogP contribution in [0.4, 0.5) is 0 Å². The zero-order chi connectivity index (χ0) is 33.6. The first-order valence-corrected chi connectivity index (χ1v) is 15.6. The fourth-order valence-corrected chi connectivity index (χ4v) is 5.28. The van der Waals surface area contributed by atoms with Gasteiger partial charge < -0.3 is 77.6 Å². The third-order valence-corrected chi connectivity index (χ3v) is 7.68. The number of H-pyrrole nitrogens is 2. The molecule has 2 aliphatic heterocycles. The number of imidazole rings is 2. The molecule has 50 heavy (non-hydrogen) atoms. The molecule has 24 nitrogen and oxygen atoms in total. The number of phosphoric ester groups is 2. The molecule has 30 heteroatoms. The molecule has 0 radical (unpaired) electrons. The molecular formula is C20H22N8Na4O16P2. The normalized spacial score (nSPS) is 26.2. The largest absolute Gasteiger partial charge is 1.00 e. The first-order chi connectivity index (χ1) is 21.6. The van der Waals surface area contributed by atoms with E-state index in [2.05, 4.69) is 39.0 Å². The predicted octanol–water partition coefficient (Wildman–Crippen LogP) is -18.8. The third-order valence-electron chi connectivity index (χ3n) is 6.75. The van der Waals surface area contributed by atoms with Crippen molar-refractivity contribution in [2.75, 3.05) is 13.2 Å². The van der Waals surface area contributed by atoms with E-state index in [1.165, 1.54) is 21.8 Å². The quantitative estimate of drug-likeness (QED) is 0.0713. The van der Waals surface area contributed by atoms with Gasteiger partial charge >= 0.3 is 118 Å². The molecule has 2 saturated heterocycles. The van der Waals surface area contributed by atoms with Gasteiger partial charge in [0.1, 0.15) is 36.6 Å². The van der Waals surface area contributed by atoms with E-state index < -0.39 is 89.1 Å². The Balaban J connectivity index is 0.000000463. The topological polar surface area (TPSA) is 371 Å². The standard InChI is InChI=1S/2C10H13N4O8P.4Na/c2*15-6-4(1-21-23(18,19)20)22-10(7(6)16)14-3-13-5-8(14)11-2-12-9(5)17;;;;/h2*2-4,6-7,10,15-16H,1H2,(H,11,12,17)(H2,18,19,20);;;;/q;;4*+1/p-4/t2*4-,6-,7-,10-;;;;/m11..../s1. The Labute approximate surface area is 367 Å². The Morgan fingerprint density at radius 3 is 1.32 bits per heavy atom. The van der Waals surface area contributed by atoms with Crippen LogP contribution in [-0.2, 0) is 27.7 Å². The van der Waals surface area contributed by atoms with E-state index in [1.54, 1.807) is 0 Å². The maximum Gasteiger partial charge on any atom is 1.00 e. The summed E-state index contributed by atoms with van der Waals surface area (Å²) in [5, 5.41) is 39.8. The molecule has 252 valence electrons. The van der Waals surface area contributed by atoms with E-state index in [1.807, 2.05) is 0 Å². The summed E-state index contributed by atoms with van der Waals surface area (Å²) in [5.74, 6) is 0. The van der Waals surface area contributed by atoms with Crippen molar-refractivity contribution < 1.29 is 186 Å². The molecule has 8 atom stereocenters. The van der Waals surface area contributed by atoms with E-state index in [0.717, 1.165) is 12.7 Å². The minimum absolute atomic E-state index is 0. The minimum atomic E-state index is -5.24. The van der Waals surface area contributed by atoms with Gasteiger partial charge in [0.25, 0.3) is 11.1 Å². The number of aromatic amines is 2. The molecule has 0 aromatic carbocycles. The molecule has 0 spiro atoms. The number of hydrogen-bond acceptors (Lipinski definition) is 20. The van der Waals surface area contributed by atoms with Crippen molar-refractivity contribution in [2.45, 2.75) is 49.1 Å². The number of rotatable bonds is 8. The molecule has 6 heterocycles. The second-order valence-corrected chi connectivity index (χ2v) is 12.0. The van der Waals surface area contributed by atoms with Gasteiger partial charge in [0.2, 0.25) is 0 Å². The Hall–Kier alpha value is 0.680. The summed E-state index contributed by atoms with van der Waals surface area (Å²) in [6.07, 6.45) is -6.22. The van der Waals surface area contributed by atoms with Gasteiger partial charge in [0, 0.05) is 0 Å². The van der Waals surface area contributed by atoms with Crippen LogP contribution < -0.4 is 149 Å². The van der Waals surface area contributed by atoms with Crippen molar-refractivity contribution >= 4 is 38.0 Å². The molecule has 0 bridgehead atoms. The summed E-state index contributed by atoms with van der Waals surface area (Å²) in [7, 11) is -10.5. The van der Waals surface area contributed by atoms with Crippen LogP contribution in [0.3, 0.4) is 0 Å². The van der Waals surface area contributed by atoms with E-state index in [0.29, 0.717) is 0 Å². The van der Waals surface area contributed by atoms with Crippen LogP contribution in [0.25, 0.3) is 22.3 Å². The van der Waals surface area contributed by atoms with Crippen molar-refractivity contribution in [3.63, 3.8) is 0 Å². The van der Waals surface area contributed by atoms with Crippen molar-refractivity contribution in [2.24, 2.45) is 0 Å². The molecule has 0 unspecified atom stereocenters. The zero-order valence-electron chi connectivity index (χ0n) is 26.6. The maximum absolute atomic E-state index is 11.6. The average molecular weight is 784 g/mol. The SMILES string of the molecule is O=c1[nH]cnc2c1ncn2[C@@H]1O[C@H](COP(=O)([O-])[O-])[C@@H](O)[C@H]1O.O=c1[nH]cnc2c1ncn2[C@@H]1O[C@H](COP(=O)([O-])[O-])[C@@H](O)[C@H]1O.[Na+].[Na+].[Na+].[Na+]. The Bertz CT molecular complexity index is 1790. The summed E-state index contributed by atoms with van der Waals surface area (Å²) < 4.78 is 42.2. The molecule has 2 fully saturated rings. The number of phosphoric acid groups is 2. The molecular weight excluding hydrogens is 762 g/mol. The van der Waals surface area contributed by atoms with Crippen LogP contribution in [0.15, 0.2) is 34.9 Å². The molecule has 0 saturated carbocycles. The summed E-state index contributed by atoms with van der Waals surface area (Å²) in [5.41, 5.74) is -0.794. The number of ether oxygens (including phenoxy) is 2. The van der Waals surface area contributed by atoms with Crippen LogP contribution in [0.1, 0.15) is 12.5 Å². The zero-order valence-corrected chi connectivity index (χ0v) is 36.4. The van der Waals surface area contributed by atoms with Gasteiger partial charge in [-0.1, -0.05) is 0 Å². The van der Waals surface area contributed by atoms with Crippen molar-refractivity contribution in [1.29, 1.82) is 0 Å². The Kier molecular flexibility index (Phi) is 19.5.